The van der Waals surface area contributed by atoms with Crippen molar-refractivity contribution in [1.82, 2.24) is 4.90 Å². The van der Waals surface area contributed by atoms with Crippen LogP contribution in [0.25, 0.3) is 0 Å². The zero-order valence-corrected chi connectivity index (χ0v) is 14.0. The monoisotopic (exact) mass is 341 g/mol. The minimum absolute atomic E-state index is 0.0105. The fraction of sp³-hybridized carbons (Fsp3) is 0.381. The van der Waals surface area contributed by atoms with E-state index in [9.17, 15) is 13.6 Å². The topological polar surface area (TPSA) is 20.3 Å². The molecule has 2 fully saturated rings. The van der Waals surface area contributed by atoms with Crippen LogP contribution in [-0.4, -0.2) is 17.4 Å². The number of nitrogens with zero attached hydrogens (tertiary/aromatic N) is 1. The van der Waals surface area contributed by atoms with Crippen molar-refractivity contribution in [3.63, 3.8) is 0 Å². The van der Waals surface area contributed by atoms with E-state index >= 15 is 0 Å². The van der Waals surface area contributed by atoms with Crippen LogP contribution in [0.4, 0.5) is 8.78 Å². The second-order valence-corrected chi connectivity index (χ2v) is 7.26. The van der Waals surface area contributed by atoms with Crippen molar-refractivity contribution < 1.29 is 13.6 Å². The van der Waals surface area contributed by atoms with Crippen LogP contribution in [0.3, 0.4) is 0 Å². The van der Waals surface area contributed by atoms with E-state index in [0.29, 0.717) is 24.4 Å². The standard InChI is InChI=1S/C21H21F2NO/c22-16-9-7-15(8-10-16)13-24(12-14-5-6-14)21(25)19-11-18(19)17-3-1-2-4-20(17)23/h1-4,7-10,14,18-19H,5-6,11-13H2. The average molecular weight is 341 g/mol. The number of hydrogen-bond acceptors (Lipinski definition) is 1. The SMILES string of the molecule is O=C(C1CC1c1ccccc1F)N(Cc1ccc(F)cc1)CC1CC1. The van der Waals surface area contributed by atoms with Gasteiger partial charge < -0.3 is 4.90 Å². The molecular weight excluding hydrogens is 320 g/mol. The van der Waals surface area contributed by atoms with Gasteiger partial charge in [0.2, 0.25) is 5.91 Å². The van der Waals surface area contributed by atoms with Crippen molar-refractivity contribution in [2.45, 2.75) is 31.7 Å². The minimum atomic E-state index is -0.273. The van der Waals surface area contributed by atoms with E-state index in [2.05, 4.69) is 0 Å². The third kappa shape index (κ3) is 3.73. The third-order valence-electron chi connectivity index (χ3n) is 5.19. The molecule has 2 nitrogen and oxygen atoms in total. The maximum Gasteiger partial charge on any atom is 0.226 e. The van der Waals surface area contributed by atoms with Crippen LogP contribution < -0.4 is 0 Å². The van der Waals surface area contributed by atoms with Crippen LogP contribution in [0.2, 0.25) is 0 Å². The molecule has 0 aromatic heterocycles. The zero-order chi connectivity index (χ0) is 17.4. The van der Waals surface area contributed by atoms with Crippen molar-refractivity contribution in [3.8, 4) is 0 Å². The third-order valence-corrected chi connectivity index (χ3v) is 5.19. The number of carbonyl (C=O) groups is 1. The lowest BCUT2D eigenvalue weighted by Gasteiger charge is -2.23. The second-order valence-electron chi connectivity index (χ2n) is 7.26. The van der Waals surface area contributed by atoms with Crippen molar-refractivity contribution in [2.24, 2.45) is 11.8 Å². The summed E-state index contributed by atoms with van der Waals surface area (Å²) in [6.45, 7) is 1.24. The Morgan fingerprint density at radius 1 is 1.04 bits per heavy atom. The van der Waals surface area contributed by atoms with Crippen molar-refractivity contribution in [3.05, 3.63) is 71.3 Å². The Hall–Kier alpha value is -2.23. The van der Waals surface area contributed by atoms with E-state index in [4.69, 9.17) is 0 Å². The molecular formula is C21H21F2NO. The molecule has 4 heteroatoms. The van der Waals surface area contributed by atoms with Gasteiger partial charge in [-0.25, -0.2) is 8.78 Å². The molecule has 0 spiro atoms. The fourth-order valence-corrected chi connectivity index (χ4v) is 3.48. The molecule has 4 rings (SSSR count). The molecule has 130 valence electrons. The summed E-state index contributed by atoms with van der Waals surface area (Å²) in [5, 5.41) is 0. The van der Waals surface area contributed by atoms with Gasteiger partial charge in [0.1, 0.15) is 11.6 Å². The molecule has 0 heterocycles. The van der Waals surface area contributed by atoms with Crippen LogP contribution in [0.5, 0.6) is 0 Å². The lowest BCUT2D eigenvalue weighted by molar-refractivity contribution is -0.133. The fourth-order valence-electron chi connectivity index (χ4n) is 3.48. The second kappa shape index (κ2) is 6.58. The highest BCUT2D eigenvalue weighted by molar-refractivity contribution is 5.83. The quantitative estimate of drug-likeness (QED) is 0.757. The smallest absolute Gasteiger partial charge is 0.226 e. The predicted molar refractivity (Wildman–Crippen MR) is 91.8 cm³/mol. The van der Waals surface area contributed by atoms with E-state index in [1.165, 1.54) is 18.2 Å². The minimum Gasteiger partial charge on any atom is -0.338 e. The number of hydrogen-bond donors (Lipinski definition) is 0. The molecule has 2 atom stereocenters. The maximum atomic E-state index is 14.0. The molecule has 2 aliphatic carbocycles. The van der Waals surface area contributed by atoms with E-state index in [0.717, 1.165) is 24.9 Å². The van der Waals surface area contributed by atoms with Gasteiger partial charge in [0, 0.05) is 19.0 Å². The van der Waals surface area contributed by atoms with Crippen LogP contribution in [0.1, 0.15) is 36.3 Å². The van der Waals surface area contributed by atoms with Gasteiger partial charge in [-0.15, -0.1) is 0 Å². The van der Waals surface area contributed by atoms with E-state index in [1.807, 2.05) is 11.0 Å². The highest BCUT2D eigenvalue weighted by atomic mass is 19.1. The Labute approximate surface area is 146 Å². The Kier molecular flexibility index (Phi) is 4.28. The zero-order valence-electron chi connectivity index (χ0n) is 14.0. The number of amides is 1. The predicted octanol–water partition coefficient (Wildman–Crippen LogP) is 4.51. The van der Waals surface area contributed by atoms with Crippen LogP contribution in [0, 0.1) is 23.5 Å². The molecule has 25 heavy (non-hydrogen) atoms. The molecule has 0 radical (unpaired) electrons. The summed E-state index contributed by atoms with van der Waals surface area (Å²) in [6, 6.07) is 13.0. The summed E-state index contributed by atoms with van der Waals surface area (Å²) in [4.78, 5) is 14.8. The molecule has 0 saturated heterocycles. The van der Waals surface area contributed by atoms with Gasteiger partial charge in [0.15, 0.2) is 0 Å². The Bertz CT molecular complexity index is 770. The molecule has 2 unspecified atom stereocenters. The summed E-state index contributed by atoms with van der Waals surface area (Å²) in [5.41, 5.74) is 1.58. The summed E-state index contributed by atoms with van der Waals surface area (Å²) in [6.07, 6.45) is 3.04. The lowest BCUT2D eigenvalue weighted by atomic mass is 10.1. The van der Waals surface area contributed by atoms with Gasteiger partial charge in [-0.3, -0.25) is 4.79 Å². The molecule has 1 amide bonds. The van der Waals surface area contributed by atoms with Gasteiger partial charge in [-0.05, 0) is 60.4 Å². The van der Waals surface area contributed by atoms with Crippen molar-refractivity contribution >= 4 is 5.91 Å². The van der Waals surface area contributed by atoms with E-state index < -0.39 is 0 Å². The van der Waals surface area contributed by atoms with Crippen LogP contribution >= 0.6 is 0 Å². The molecule has 0 N–H and O–H groups in total. The first-order valence-electron chi connectivity index (χ1n) is 8.89. The van der Waals surface area contributed by atoms with E-state index in [1.54, 1.807) is 24.3 Å². The van der Waals surface area contributed by atoms with E-state index in [-0.39, 0.29) is 29.4 Å². The van der Waals surface area contributed by atoms with Crippen molar-refractivity contribution in [1.29, 1.82) is 0 Å². The highest BCUT2D eigenvalue weighted by Gasteiger charge is 2.47. The first-order chi connectivity index (χ1) is 12.1. The molecule has 0 bridgehead atoms. The highest BCUT2D eigenvalue weighted by Crippen LogP contribution is 2.49. The van der Waals surface area contributed by atoms with Crippen LogP contribution in [0.15, 0.2) is 48.5 Å². The molecule has 2 aromatic carbocycles. The first-order valence-corrected chi connectivity index (χ1v) is 8.89. The number of benzene rings is 2. The Morgan fingerprint density at radius 3 is 2.44 bits per heavy atom. The first kappa shape index (κ1) is 16.2. The summed E-state index contributed by atoms with van der Waals surface area (Å²) in [7, 11) is 0. The summed E-state index contributed by atoms with van der Waals surface area (Å²) >= 11 is 0. The van der Waals surface area contributed by atoms with Gasteiger partial charge in [0.25, 0.3) is 0 Å². The average Bonchev–Trinajstić information content (AvgIpc) is 3.51. The van der Waals surface area contributed by atoms with Crippen molar-refractivity contribution in [2.75, 3.05) is 6.54 Å². The van der Waals surface area contributed by atoms with Gasteiger partial charge in [-0.1, -0.05) is 30.3 Å². The Balaban J connectivity index is 1.47. The number of rotatable bonds is 6. The van der Waals surface area contributed by atoms with Gasteiger partial charge >= 0.3 is 0 Å². The number of carbonyl (C=O) groups excluding carboxylic acids is 1. The van der Waals surface area contributed by atoms with Gasteiger partial charge in [0.05, 0.1) is 0 Å². The molecule has 2 aromatic rings. The van der Waals surface area contributed by atoms with Crippen LogP contribution in [-0.2, 0) is 11.3 Å². The maximum absolute atomic E-state index is 14.0. The molecule has 0 aliphatic heterocycles. The normalized spacial score (nSPS) is 21.8. The summed E-state index contributed by atoms with van der Waals surface area (Å²) in [5.74, 6) is 0.0416. The summed E-state index contributed by atoms with van der Waals surface area (Å²) < 4.78 is 27.1. The molecule has 2 aliphatic rings. The van der Waals surface area contributed by atoms with Gasteiger partial charge in [-0.2, -0.15) is 0 Å². The largest absolute Gasteiger partial charge is 0.338 e. The molecule has 2 saturated carbocycles. The Morgan fingerprint density at radius 2 is 1.76 bits per heavy atom. The lowest BCUT2D eigenvalue weighted by Crippen LogP contribution is -2.34. The number of halogens is 2.